The fourth-order valence-corrected chi connectivity index (χ4v) is 3.26. The van der Waals surface area contributed by atoms with E-state index in [0.717, 1.165) is 31.6 Å². The summed E-state index contributed by atoms with van der Waals surface area (Å²) < 4.78 is 12.2. The number of carbonyl (C=O) groups is 1. The number of anilines is 1. The predicted molar refractivity (Wildman–Crippen MR) is 105 cm³/mol. The van der Waals surface area contributed by atoms with Gasteiger partial charge < -0.3 is 24.0 Å². The Bertz CT molecular complexity index is 636. The minimum Gasteiger partial charge on any atom is -0.399 e. The molecule has 2 fully saturated rings. The maximum atomic E-state index is 12.0. The van der Waals surface area contributed by atoms with Crippen LogP contribution in [0.4, 0.5) is 10.5 Å². The minimum absolute atomic E-state index is 0.0840. The van der Waals surface area contributed by atoms with Crippen LogP contribution < -0.4 is 10.4 Å². The predicted octanol–water partition coefficient (Wildman–Crippen LogP) is 1.79. The van der Waals surface area contributed by atoms with Gasteiger partial charge in [-0.1, -0.05) is 12.1 Å². The second kappa shape index (κ2) is 6.78. The van der Waals surface area contributed by atoms with E-state index in [1.165, 1.54) is 5.69 Å². The van der Waals surface area contributed by atoms with Crippen molar-refractivity contribution in [3.63, 3.8) is 0 Å². The van der Waals surface area contributed by atoms with Gasteiger partial charge in [0.15, 0.2) is 0 Å². The van der Waals surface area contributed by atoms with Crippen molar-refractivity contribution < 1.29 is 14.1 Å². The van der Waals surface area contributed by atoms with Crippen LogP contribution in [0.15, 0.2) is 24.3 Å². The second-order valence-electron chi connectivity index (χ2n) is 8.33. The van der Waals surface area contributed by atoms with E-state index in [9.17, 15) is 4.79 Å². The third kappa shape index (κ3) is 3.55. The lowest BCUT2D eigenvalue weighted by molar-refractivity contribution is 0.00578. The Morgan fingerprint density at radius 1 is 0.962 bits per heavy atom. The summed E-state index contributed by atoms with van der Waals surface area (Å²) in [6.07, 6.45) is 0. The van der Waals surface area contributed by atoms with Gasteiger partial charge in [-0.3, -0.25) is 0 Å². The van der Waals surface area contributed by atoms with Gasteiger partial charge in [0.2, 0.25) is 0 Å². The third-order valence-electron chi connectivity index (χ3n) is 5.72. The van der Waals surface area contributed by atoms with Crippen LogP contribution in [0.1, 0.15) is 27.7 Å². The monoisotopic (exact) mass is 359 g/mol. The lowest BCUT2D eigenvalue weighted by Gasteiger charge is -2.37. The first-order chi connectivity index (χ1) is 12.1. The first-order valence-corrected chi connectivity index (χ1v) is 9.27. The maximum absolute atomic E-state index is 12.0. The van der Waals surface area contributed by atoms with Crippen LogP contribution >= 0.6 is 0 Å². The van der Waals surface area contributed by atoms with Gasteiger partial charge in [0.05, 0.1) is 11.2 Å². The standard InChI is InChI=1S/C19H30BN3O3/c1-18(2)19(3,4)26-20(25-18)15-7-9-16(10-8-15)22-11-13-23(14-12-22)17(24)21(5)6/h7-10H,11-14H2,1-6H3. The topological polar surface area (TPSA) is 45.3 Å². The van der Waals surface area contributed by atoms with Gasteiger partial charge >= 0.3 is 13.1 Å². The molecule has 6 nitrogen and oxygen atoms in total. The molecular formula is C19H30BN3O3. The van der Waals surface area contributed by atoms with E-state index >= 15 is 0 Å². The Morgan fingerprint density at radius 2 is 1.46 bits per heavy atom. The van der Waals surface area contributed by atoms with Gasteiger partial charge in [0.1, 0.15) is 0 Å². The van der Waals surface area contributed by atoms with E-state index in [1.807, 2.05) is 4.90 Å². The molecule has 2 heterocycles. The first-order valence-electron chi connectivity index (χ1n) is 9.27. The summed E-state index contributed by atoms with van der Waals surface area (Å²) in [5.41, 5.74) is 1.55. The second-order valence-corrected chi connectivity index (χ2v) is 8.33. The zero-order chi connectivity index (χ0) is 19.1. The van der Waals surface area contributed by atoms with E-state index in [1.54, 1.807) is 19.0 Å². The molecule has 142 valence electrons. The molecule has 0 saturated carbocycles. The van der Waals surface area contributed by atoms with Crippen LogP contribution in [0.25, 0.3) is 0 Å². The van der Waals surface area contributed by atoms with E-state index in [4.69, 9.17) is 9.31 Å². The number of nitrogens with zero attached hydrogens (tertiary/aromatic N) is 3. The molecule has 2 saturated heterocycles. The highest BCUT2D eigenvalue weighted by atomic mass is 16.7. The van der Waals surface area contributed by atoms with Crippen LogP contribution in [0.2, 0.25) is 0 Å². The van der Waals surface area contributed by atoms with Gasteiger partial charge in [0.25, 0.3) is 0 Å². The Hall–Kier alpha value is -1.73. The van der Waals surface area contributed by atoms with Crippen molar-refractivity contribution in [2.45, 2.75) is 38.9 Å². The summed E-state index contributed by atoms with van der Waals surface area (Å²) >= 11 is 0. The van der Waals surface area contributed by atoms with Crippen LogP contribution in [0.5, 0.6) is 0 Å². The van der Waals surface area contributed by atoms with Crippen molar-refractivity contribution in [2.75, 3.05) is 45.2 Å². The smallest absolute Gasteiger partial charge is 0.399 e. The molecular weight excluding hydrogens is 329 g/mol. The Morgan fingerprint density at radius 3 is 1.92 bits per heavy atom. The van der Waals surface area contributed by atoms with Crippen LogP contribution in [0.3, 0.4) is 0 Å². The number of amides is 2. The molecule has 0 radical (unpaired) electrons. The fourth-order valence-electron chi connectivity index (χ4n) is 3.26. The summed E-state index contributed by atoms with van der Waals surface area (Å²) in [5, 5.41) is 0. The SMILES string of the molecule is CN(C)C(=O)N1CCN(c2ccc(B3OC(C)(C)C(C)(C)O3)cc2)CC1. The van der Waals surface area contributed by atoms with Crippen molar-refractivity contribution in [2.24, 2.45) is 0 Å². The zero-order valence-electron chi connectivity index (χ0n) is 16.8. The van der Waals surface area contributed by atoms with Crippen LogP contribution in [-0.4, -0.2) is 74.4 Å². The van der Waals surface area contributed by atoms with Crippen molar-refractivity contribution in [3.05, 3.63) is 24.3 Å². The summed E-state index contributed by atoms with van der Waals surface area (Å²) in [6.45, 7) is 11.4. The molecule has 3 rings (SSSR count). The average Bonchev–Trinajstić information content (AvgIpc) is 2.82. The van der Waals surface area contributed by atoms with Crippen molar-refractivity contribution in [1.29, 1.82) is 0 Å². The quantitative estimate of drug-likeness (QED) is 0.756. The van der Waals surface area contributed by atoms with Crippen molar-refractivity contribution >= 4 is 24.3 Å². The molecule has 0 aliphatic carbocycles. The number of hydrogen-bond donors (Lipinski definition) is 0. The summed E-state index contributed by atoms with van der Waals surface area (Å²) in [5.74, 6) is 0. The molecule has 0 atom stereocenters. The summed E-state index contributed by atoms with van der Waals surface area (Å²) in [6, 6.07) is 8.47. The van der Waals surface area contributed by atoms with Crippen LogP contribution in [-0.2, 0) is 9.31 Å². The molecule has 26 heavy (non-hydrogen) atoms. The molecule has 0 N–H and O–H groups in total. The van der Waals surface area contributed by atoms with E-state index in [2.05, 4.69) is 56.9 Å². The molecule has 7 heteroatoms. The zero-order valence-corrected chi connectivity index (χ0v) is 16.8. The Labute approximate surface area is 157 Å². The molecule has 1 aromatic rings. The number of rotatable bonds is 2. The van der Waals surface area contributed by atoms with Crippen LogP contribution in [0, 0.1) is 0 Å². The van der Waals surface area contributed by atoms with Gasteiger partial charge in [-0.15, -0.1) is 0 Å². The molecule has 0 spiro atoms. The summed E-state index contributed by atoms with van der Waals surface area (Å²) in [7, 11) is 3.26. The third-order valence-corrected chi connectivity index (χ3v) is 5.72. The van der Waals surface area contributed by atoms with E-state index in [0.29, 0.717) is 0 Å². The highest BCUT2D eigenvalue weighted by molar-refractivity contribution is 6.62. The number of piperazine rings is 1. The average molecular weight is 359 g/mol. The minimum atomic E-state index is -0.330. The number of carbonyl (C=O) groups excluding carboxylic acids is 1. The van der Waals surface area contributed by atoms with E-state index < -0.39 is 0 Å². The first kappa shape index (κ1) is 19.0. The number of urea groups is 1. The number of hydrogen-bond acceptors (Lipinski definition) is 4. The molecule has 2 amide bonds. The maximum Gasteiger partial charge on any atom is 0.494 e. The van der Waals surface area contributed by atoms with Gasteiger partial charge in [0, 0.05) is 46.0 Å². The highest BCUT2D eigenvalue weighted by Gasteiger charge is 2.51. The van der Waals surface area contributed by atoms with Gasteiger partial charge in [-0.2, -0.15) is 0 Å². The lowest BCUT2D eigenvalue weighted by atomic mass is 9.79. The fraction of sp³-hybridized carbons (Fsp3) is 0.632. The molecule has 0 bridgehead atoms. The molecule has 0 aromatic heterocycles. The molecule has 2 aliphatic rings. The number of benzene rings is 1. The molecule has 0 unspecified atom stereocenters. The molecule has 1 aromatic carbocycles. The molecule has 2 aliphatic heterocycles. The normalized spacial score (nSPS) is 21.8. The Kier molecular flexibility index (Phi) is 4.97. The summed E-state index contributed by atoms with van der Waals surface area (Å²) in [4.78, 5) is 17.9. The van der Waals surface area contributed by atoms with E-state index in [-0.39, 0.29) is 24.4 Å². The van der Waals surface area contributed by atoms with Crippen molar-refractivity contribution in [3.8, 4) is 0 Å². The lowest BCUT2D eigenvalue weighted by Crippen LogP contribution is -2.51. The highest BCUT2D eigenvalue weighted by Crippen LogP contribution is 2.36. The van der Waals surface area contributed by atoms with Gasteiger partial charge in [-0.05, 0) is 45.3 Å². The van der Waals surface area contributed by atoms with Gasteiger partial charge in [-0.25, -0.2) is 4.79 Å². The van der Waals surface area contributed by atoms with Crippen molar-refractivity contribution in [1.82, 2.24) is 9.80 Å². The Balaban J connectivity index is 1.62. The largest absolute Gasteiger partial charge is 0.494 e.